The van der Waals surface area contributed by atoms with Crippen molar-refractivity contribution in [1.29, 1.82) is 0 Å². The summed E-state index contributed by atoms with van der Waals surface area (Å²) in [6.07, 6.45) is 3.15. The van der Waals surface area contributed by atoms with Crippen molar-refractivity contribution in [3.8, 4) is 0 Å². The predicted octanol–water partition coefficient (Wildman–Crippen LogP) is 3.04. The van der Waals surface area contributed by atoms with Gasteiger partial charge in [-0.15, -0.1) is 0 Å². The highest BCUT2D eigenvalue weighted by Gasteiger charge is 2.30. The van der Waals surface area contributed by atoms with Gasteiger partial charge in [0.05, 0.1) is 6.26 Å². The van der Waals surface area contributed by atoms with E-state index in [0.29, 0.717) is 5.76 Å². The molecule has 0 radical (unpaired) electrons. The lowest BCUT2D eigenvalue weighted by Crippen LogP contribution is -2.07. The minimum absolute atomic E-state index is 0.183. The van der Waals surface area contributed by atoms with E-state index in [9.17, 15) is 5.11 Å². The van der Waals surface area contributed by atoms with E-state index in [4.69, 9.17) is 4.42 Å². The summed E-state index contributed by atoms with van der Waals surface area (Å²) in [6, 6.07) is 12.0. The van der Waals surface area contributed by atoms with Gasteiger partial charge in [0, 0.05) is 5.92 Å². The van der Waals surface area contributed by atoms with E-state index >= 15 is 0 Å². The second-order valence-electron chi connectivity index (χ2n) is 4.30. The van der Waals surface area contributed by atoms with Crippen molar-refractivity contribution in [2.45, 2.75) is 24.9 Å². The van der Waals surface area contributed by atoms with Crippen LogP contribution in [0.4, 0.5) is 0 Å². The summed E-state index contributed by atoms with van der Waals surface area (Å²) in [5.41, 5.74) is 2.63. The van der Waals surface area contributed by atoms with Crippen LogP contribution in [0, 0.1) is 0 Å². The first-order valence-electron chi connectivity index (χ1n) is 5.65. The molecular weight excluding hydrogens is 200 g/mol. The van der Waals surface area contributed by atoms with Crippen LogP contribution in [0.25, 0.3) is 0 Å². The maximum Gasteiger partial charge on any atom is 0.132 e. The van der Waals surface area contributed by atoms with Gasteiger partial charge in [-0.1, -0.05) is 24.3 Å². The molecule has 1 aromatic heterocycles. The third kappa shape index (κ3) is 1.46. The molecule has 0 bridgehead atoms. The third-order valence-electron chi connectivity index (χ3n) is 3.40. The van der Waals surface area contributed by atoms with Crippen molar-refractivity contribution in [3.05, 3.63) is 59.5 Å². The van der Waals surface area contributed by atoms with Crippen molar-refractivity contribution in [3.63, 3.8) is 0 Å². The Kier molecular flexibility index (Phi) is 2.29. The number of hydrogen-bond donors (Lipinski definition) is 1. The highest BCUT2D eigenvalue weighted by atomic mass is 16.4. The van der Waals surface area contributed by atoms with Gasteiger partial charge in [-0.2, -0.15) is 0 Å². The van der Waals surface area contributed by atoms with E-state index in [2.05, 4.69) is 18.2 Å². The average Bonchev–Trinajstić information content (AvgIpc) is 2.98. The van der Waals surface area contributed by atoms with Crippen molar-refractivity contribution in [1.82, 2.24) is 0 Å². The average molecular weight is 214 g/mol. The first-order valence-corrected chi connectivity index (χ1v) is 5.65. The molecule has 2 nitrogen and oxygen atoms in total. The number of furan rings is 1. The Morgan fingerprint density at radius 2 is 2.06 bits per heavy atom. The molecule has 2 aromatic rings. The molecule has 0 aliphatic heterocycles. The van der Waals surface area contributed by atoms with E-state index in [1.165, 1.54) is 11.1 Å². The number of fused-ring (bicyclic) bond motifs is 1. The minimum Gasteiger partial charge on any atom is -0.467 e. The van der Waals surface area contributed by atoms with Gasteiger partial charge in [0.25, 0.3) is 0 Å². The van der Waals surface area contributed by atoms with Crippen LogP contribution in [0.1, 0.15) is 35.3 Å². The van der Waals surface area contributed by atoms with E-state index in [0.717, 1.165) is 12.8 Å². The third-order valence-corrected chi connectivity index (χ3v) is 3.40. The van der Waals surface area contributed by atoms with Crippen LogP contribution < -0.4 is 0 Å². The van der Waals surface area contributed by atoms with Crippen molar-refractivity contribution < 1.29 is 9.52 Å². The van der Waals surface area contributed by atoms with Gasteiger partial charge in [-0.05, 0) is 36.1 Å². The monoisotopic (exact) mass is 214 g/mol. The fourth-order valence-corrected chi connectivity index (χ4v) is 2.58. The number of aryl methyl sites for hydroxylation is 1. The van der Waals surface area contributed by atoms with Gasteiger partial charge < -0.3 is 9.52 Å². The molecule has 0 fully saturated rings. The number of hydrogen-bond acceptors (Lipinski definition) is 2. The lowest BCUT2D eigenvalue weighted by atomic mass is 9.94. The molecule has 1 aliphatic carbocycles. The van der Waals surface area contributed by atoms with Crippen LogP contribution in [0.3, 0.4) is 0 Å². The largest absolute Gasteiger partial charge is 0.467 e. The van der Waals surface area contributed by atoms with E-state index < -0.39 is 6.10 Å². The maximum absolute atomic E-state index is 10.3. The number of aliphatic hydroxyl groups excluding tert-OH is 1. The quantitative estimate of drug-likeness (QED) is 0.833. The number of benzene rings is 1. The van der Waals surface area contributed by atoms with Crippen LogP contribution in [-0.2, 0) is 6.42 Å². The zero-order chi connectivity index (χ0) is 11.0. The molecule has 1 heterocycles. The highest BCUT2D eigenvalue weighted by Crippen LogP contribution is 2.41. The van der Waals surface area contributed by atoms with Crippen molar-refractivity contribution in [2.24, 2.45) is 0 Å². The molecule has 16 heavy (non-hydrogen) atoms. The summed E-state index contributed by atoms with van der Waals surface area (Å²) in [7, 11) is 0. The van der Waals surface area contributed by atoms with Crippen LogP contribution >= 0.6 is 0 Å². The second-order valence-corrected chi connectivity index (χ2v) is 4.30. The van der Waals surface area contributed by atoms with Gasteiger partial charge in [0.2, 0.25) is 0 Å². The zero-order valence-electron chi connectivity index (χ0n) is 8.97. The summed E-state index contributed by atoms with van der Waals surface area (Å²) in [5.74, 6) is 0.851. The van der Waals surface area contributed by atoms with Crippen molar-refractivity contribution >= 4 is 0 Å². The maximum atomic E-state index is 10.3. The second kappa shape index (κ2) is 3.80. The highest BCUT2D eigenvalue weighted by molar-refractivity contribution is 5.36. The Morgan fingerprint density at radius 3 is 2.88 bits per heavy atom. The molecule has 0 amide bonds. The Labute approximate surface area is 94.5 Å². The predicted molar refractivity (Wildman–Crippen MR) is 61.2 cm³/mol. The van der Waals surface area contributed by atoms with Gasteiger partial charge in [0.1, 0.15) is 11.9 Å². The molecule has 3 rings (SSSR count). The fraction of sp³-hybridized carbons (Fsp3) is 0.286. The van der Waals surface area contributed by atoms with Gasteiger partial charge in [-0.3, -0.25) is 0 Å². The standard InChI is InChI=1S/C14H14O2/c15-14(13-6-3-9-16-13)12-8-7-10-4-1-2-5-11(10)12/h1-6,9,12,14-15H,7-8H2. The Bertz CT molecular complexity index is 473. The summed E-state index contributed by atoms with van der Waals surface area (Å²) >= 11 is 0. The Morgan fingerprint density at radius 1 is 1.19 bits per heavy atom. The molecular formula is C14H14O2. The summed E-state index contributed by atoms with van der Waals surface area (Å²) < 4.78 is 5.27. The summed E-state index contributed by atoms with van der Waals surface area (Å²) in [6.45, 7) is 0. The topological polar surface area (TPSA) is 33.4 Å². The first-order chi connectivity index (χ1) is 7.86. The van der Waals surface area contributed by atoms with Crippen LogP contribution in [-0.4, -0.2) is 5.11 Å². The van der Waals surface area contributed by atoms with Crippen molar-refractivity contribution in [2.75, 3.05) is 0 Å². The molecule has 0 saturated carbocycles. The lowest BCUT2D eigenvalue weighted by Gasteiger charge is -2.16. The fourth-order valence-electron chi connectivity index (χ4n) is 2.58. The summed E-state index contributed by atoms with van der Waals surface area (Å²) in [5, 5.41) is 10.3. The number of rotatable bonds is 2. The lowest BCUT2D eigenvalue weighted by molar-refractivity contribution is 0.119. The minimum atomic E-state index is -0.515. The van der Waals surface area contributed by atoms with Gasteiger partial charge >= 0.3 is 0 Å². The first kappa shape index (κ1) is 9.67. The molecule has 2 atom stereocenters. The van der Waals surface area contributed by atoms with Gasteiger partial charge in [-0.25, -0.2) is 0 Å². The number of aliphatic hydroxyl groups is 1. The Hall–Kier alpha value is -1.54. The molecule has 0 spiro atoms. The molecule has 1 aromatic carbocycles. The summed E-state index contributed by atoms with van der Waals surface area (Å²) in [4.78, 5) is 0. The van der Waals surface area contributed by atoms with Crippen LogP contribution in [0.2, 0.25) is 0 Å². The normalized spacial score (nSPS) is 20.7. The van der Waals surface area contributed by atoms with E-state index in [1.54, 1.807) is 6.26 Å². The molecule has 82 valence electrons. The molecule has 2 unspecified atom stereocenters. The SMILES string of the molecule is OC(c1ccco1)C1CCc2ccccc21. The molecule has 1 N–H and O–H groups in total. The Balaban J connectivity index is 1.93. The van der Waals surface area contributed by atoms with Crippen LogP contribution in [0.15, 0.2) is 47.1 Å². The molecule has 1 aliphatic rings. The molecule has 2 heteroatoms. The zero-order valence-corrected chi connectivity index (χ0v) is 8.97. The van der Waals surface area contributed by atoms with E-state index in [1.807, 2.05) is 18.2 Å². The van der Waals surface area contributed by atoms with Gasteiger partial charge in [0.15, 0.2) is 0 Å². The smallest absolute Gasteiger partial charge is 0.132 e. The van der Waals surface area contributed by atoms with E-state index in [-0.39, 0.29) is 5.92 Å². The van der Waals surface area contributed by atoms with Crippen LogP contribution in [0.5, 0.6) is 0 Å². The molecule has 0 saturated heterocycles.